The predicted octanol–water partition coefficient (Wildman–Crippen LogP) is 13.4. The highest BCUT2D eigenvalue weighted by Gasteiger charge is 2.25. The van der Waals surface area contributed by atoms with E-state index < -0.39 is 19.8 Å². The molecule has 4 heteroatoms. The van der Waals surface area contributed by atoms with Crippen LogP contribution < -0.4 is 0 Å². The Balaban J connectivity index is 3.35. The number of hydrogen-bond acceptors (Lipinski definition) is 3. The maximum Gasteiger partial charge on any atom is 0.344 e. The predicted molar refractivity (Wildman–Crippen MR) is 191 cm³/mol. The number of phenols is 1. The van der Waals surface area contributed by atoms with Crippen LogP contribution in [0.3, 0.4) is 0 Å². The Hall–Kier alpha value is -0.650. The number of benzene rings is 1. The maximum absolute atomic E-state index is 12.9. The minimum Gasteiger partial charge on any atom is -0.506 e. The van der Waals surface area contributed by atoms with Gasteiger partial charge in [0.25, 0.3) is 0 Å². The van der Waals surface area contributed by atoms with Gasteiger partial charge in [-0.1, -0.05) is 156 Å². The summed E-state index contributed by atoms with van der Waals surface area (Å²) in [5.41, 5.74) is 4.68. The van der Waals surface area contributed by atoms with Gasteiger partial charge in [0.1, 0.15) is 9.32 Å². The molecular formula is C38H69IO3. The van der Waals surface area contributed by atoms with Gasteiger partial charge in [0.15, 0.2) is 0 Å². The Morgan fingerprint density at radius 3 is 0.976 bits per heavy atom. The van der Waals surface area contributed by atoms with E-state index in [1.165, 1.54) is 127 Å². The standard InChI is InChI=1S/C38H69IO3/c1-5-9-13-17-21-25-29-33-34(30-26-22-18-14-10-6-2)36(32-28-24-20-16-12-8-4)38(40)37(39(41)42)35(33)31-27-23-19-15-11-7-3/h40H,5-32H2,1-4H3. The number of phenolic OH excluding ortho intramolecular Hbond substituents is 1. The smallest absolute Gasteiger partial charge is 0.344 e. The van der Waals surface area contributed by atoms with Crippen molar-refractivity contribution in [1.29, 1.82) is 0 Å². The Labute approximate surface area is 269 Å². The second-order valence-corrected chi connectivity index (χ2v) is 15.2. The molecule has 0 aliphatic heterocycles. The number of hydrogen-bond donors (Lipinski definition) is 1. The molecule has 0 heterocycles. The SMILES string of the molecule is CCCCCCCCc1c(O)c(I(=O)=O)c(CCCCCCCC)c(CCCCCCCC)c1CCCCCCCC. The molecule has 0 unspecified atom stereocenters. The summed E-state index contributed by atoms with van der Waals surface area (Å²) < 4.78 is 26.1. The van der Waals surface area contributed by atoms with Crippen LogP contribution in [0.1, 0.15) is 204 Å². The molecule has 1 rings (SSSR count). The van der Waals surface area contributed by atoms with Crippen molar-refractivity contribution in [3.05, 3.63) is 25.8 Å². The van der Waals surface area contributed by atoms with Crippen LogP contribution in [-0.2, 0) is 31.8 Å². The summed E-state index contributed by atoms with van der Waals surface area (Å²) in [6, 6.07) is 0. The second-order valence-electron chi connectivity index (χ2n) is 12.9. The Kier molecular flexibility index (Phi) is 25.1. The molecule has 42 heavy (non-hydrogen) atoms. The highest BCUT2D eigenvalue weighted by molar-refractivity contribution is 14.2. The van der Waals surface area contributed by atoms with Crippen molar-refractivity contribution >= 4 is 19.8 Å². The molecule has 0 radical (unpaired) electrons. The summed E-state index contributed by atoms with van der Waals surface area (Å²) in [7, 11) is 0. The van der Waals surface area contributed by atoms with Crippen LogP contribution >= 0.6 is 19.8 Å². The molecule has 0 bridgehead atoms. The van der Waals surface area contributed by atoms with Crippen molar-refractivity contribution in [1.82, 2.24) is 0 Å². The zero-order chi connectivity index (χ0) is 30.8. The summed E-state index contributed by atoms with van der Waals surface area (Å²) in [6.45, 7) is 9.02. The molecule has 0 atom stereocenters. The fourth-order valence-corrected chi connectivity index (χ4v) is 8.41. The first-order valence-electron chi connectivity index (χ1n) is 18.5. The van der Waals surface area contributed by atoms with Crippen molar-refractivity contribution in [2.75, 3.05) is 0 Å². The fraction of sp³-hybridized carbons (Fsp3) is 0.842. The van der Waals surface area contributed by atoms with E-state index in [9.17, 15) is 11.2 Å². The summed E-state index contributed by atoms with van der Waals surface area (Å²) >= 11 is -3.86. The van der Waals surface area contributed by atoms with Gasteiger partial charge in [0.05, 0.1) is 0 Å². The van der Waals surface area contributed by atoms with Gasteiger partial charge in [-0.3, -0.25) is 0 Å². The van der Waals surface area contributed by atoms with Crippen molar-refractivity contribution in [2.24, 2.45) is 0 Å². The molecule has 0 aliphatic rings. The van der Waals surface area contributed by atoms with Gasteiger partial charge in [0.2, 0.25) is 0 Å². The summed E-state index contributed by atoms with van der Waals surface area (Å²) in [5, 5.41) is 11.6. The van der Waals surface area contributed by atoms with E-state index >= 15 is 0 Å². The van der Waals surface area contributed by atoms with Crippen LogP contribution in [0.25, 0.3) is 0 Å². The average molecular weight is 701 g/mol. The van der Waals surface area contributed by atoms with E-state index in [0.717, 1.165) is 75.3 Å². The quantitative estimate of drug-likeness (QED) is 0.0669. The van der Waals surface area contributed by atoms with Gasteiger partial charge in [-0.25, -0.2) is 6.14 Å². The molecule has 0 aliphatic carbocycles. The maximum atomic E-state index is 12.9. The molecule has 1 N–H and O–H groups in total. The lowest BCUT2D eigenvalue weighted by molar-refractivity contribution is 0.457. The Morgan fingerprint density at radius 2 is 0.643 bits per heavy atom. The van der Waals surface area contributed by atoms with E-state index in [0.29, 0.717) is 3.57 Å². The largest absolute Gasteiger partial charge is 0.506 e. The molecule has 1 aromatic carbocycles. The average Bonchev–Trinajstić information content (AvgIpc) is 2.97. The van der Waals surface area contributed by atoms with Gasteiger partial charge in [-0.2, -0.15) is 0 Å². The van der Waals surface area contributed by atoms with Gasteiger partial charge < -0.3 is 5.11 Å². The highest BCUT2D eigenvalue weighted by atomic mass is 127. The minimum atomic E-state index is -3.86. The molecule has 3 nitrogen and oxygen atoms in total. The zero-order valence-electron chi connectivity index (χ0n) is 28.4. The van der Waals surface area contributed by atoms with E-state index in [1.54, 1.807) is 0 Å². The van der Waals surface area contributed by atoms with Gasteiger partial charge >= 0.3 is 19.8 Å². The molecule has 0 aromatic heterocycles. The van der Waals surface area contributed by atoms with Crippen LogP contribution in [-0.4, -0.2) is 5.11 Å². The summed E-state index contributed by atoms with van der Waals surface area (Å²) in [6.07, 6.45) is 33.0. The van der Waals surface area contributed by atoms with Crippen LogP contribution in [0.4, 0.5) is 0 Å². The van der Waals surface area contributed by atoms with Crippen molar-refractivity contribution < 1.29 is 11.2 Å². The normalized spacial score (nSPS) is 11.6. The molecular weight excluding hydrogens is 631 g/mol. The molecule has 0 saturated heterocycles. The molecule has 1 aromatic rings. The lowest BCUT2D eigenvalue weighted by Crippen LogP contribution is -2.10. The summed E-state index contributed by atoms with van der Waals surface area (Å²) in [5.74, 6) is 0.146. The molecule has 0 spiro atoms. The van der Waals surface area contributed by atoms with Crippen LogP contribution in [0.15, 0.2) is 0 Å². The second kappa shape index (κ2) is 26.7. The number of aromatic hydroxyl groups is 1. The van der Waals surface area contributed by atoms with E-state index in [1.807, 2.05) is 0 Å². The summed E-state index contributed by atoms with van der Waals surface area (Å²) in [4.78, 5) is 0. The van der Waals surface area contributed by atoms with Gasteiger partial charge in [0, 0.05) is 0 Å². The van der Waals surface area contributed by atoms with Gasteiger partial charge in [-0.05, 0) is 73.6 Å². The zero-order valence-corrected chi connectivity index (χ0v) is 30.6. The monoisotopic (exact) mass is 700 g/mol. The molecule has 0 amide bonds. The number of unbranched alkanes of at least 4 members (excludes halogenated alkanes) is 20. The first-order valence-corrected chi connectivity index (χ1v) is 21.3. The first-order chi connectivity index (χ1) is 20.5. The Bertz CT molecular complexity index is 866. The van der Waals surface area contributed by atoms with Crippen molar-refractivity contribution in [2.45, 2.75) is 207 Å². The fourth-order valence-electron chi connectivity index (χ4n) is 6.54. The lowest BCUT2D eigenvalue weighted by Gasteiger charge is -2.23. The van der Waals surface area contributed by atoms with E-state index in [4.69, 9.17) is 0 Å². The number of rotatable bonds is 29. The van der Waals surface area contributed by atoms with Crippen molar-refractivity contribution in [3.8, 4) is 5.75 Å². The third-order valence-electron chi connectivity index (χ3n) is 9.13. The highest BCUT2D eigenvalue weighted by Crippen LogP contribution is 2.42. The third kappa shape index (κ3) is 16.4. The minimum absolute atomic E-state index is 0.146. The van der Waals surface area contributed by atoms with E-state index in [2.05, 4.69) is 27.7 Å². The first kappa shape index (κ1) is 39.4. The van der Waals surface area contributed by atoms with E-state index in [-0.39, 0.29) is 5.75 Å². The molecule has 0 fully saturated rings. The lowest BCUT2D eigenvalue weighted by atomic mass is 9.85. The van der Waals surface area contributed by atoms with Crippen LogP contribution in [0.5, 0.6) is 5.75 Å². The van der Waals surface area contributed by atoms with Crippen LogP contribution in [0, 0.1) is 3.57 Å². The molecule has 246 valence electrons. The molecule has 0 saturated carbocycles. The topological polar surface area (TPSA) is 54.4 Å². The Morgan fingerprint density at radius 1 is 0.381 bits per heavy atom. The third-order valence-corrected chi connectivity index (χ3v) is 11.2. The van der Waals surface area contributed by atoms with Gasteiger partial charge in [-0.15, -0.1) is 0 Å². The number of halogens is 1. The van der Waals surface area contributed by atoms with Crippen LogP contribution in [0.2, 0.25) is 0 Å². The van der Waals surface area contributed by atoms with Crippen molar-refractivity contribution in [3.63, 3.8) is 0 Å².